The highest BCUT2D eigenvalue weighted by Crippen LogP contribution is 2.30. The predicted octanol–water partition coefficient (Wildman–Crippen LogP) is 5.49. The van der Waals surface area contributed by atoms with E-state index >= 15 is 0 Å². The third kappa shape index (κ3) is 4.03. The van der Waals surface area contributed by atoms with E-state index in [4.69, 9.17) is 4.98 Å². The number of nitrogens with zero attached hydrogens (tertiary/aromatic N) is 6. The number of anilines is 1. The Labute approximate surface area is 216 Å². The fraction of sp³-hybridized carbons (Fsp3) is 0.103. The highest BCUT2D eigenvalue weighted by Gasteiger charge is 2.23. The fourth-order valence-electron chi connectivity index (χ4n) is 4.68. The van der Waals surface area contributed by atoms with Crippen LogP contribution < -0.4 is 10.9 Å². The lowest BCUT2D eigenvalue weighted by Crippen LogP contribution is -2.28. The highest BCUT2D eigenvalue weighted by atomic mass is 19.1. The van der Waals surface area contributed by atoms with E-state index < -0.39 is 11.9 Å². The number of aromatic nitrogens is 6. The second-order valence-corrected chi connectivity index (χ2v) is 8.73. The number of hydrogen-bond acceptors (Lipinski definition) is 7. The molecule has 3 heterocycles. The van der Waals surface area contributed by atoms with Gasteiger partial charge in [0.05, 0.1) is 33.5 Å². The second-order valence-electron chi connectivity index (χ2n) is 8.73. The minimum Gasteiger partial charge on any atom is -0.359 e. The largest absolute Gasteiger partial charge is 0.359 e. The molecule has 9 heteroatoms. The summed E-state index contributed by atoms with van der Waals surface area (Å²) in [6.07, 6.45) is 6.74. The van der Waals surface area contributed by atoms with Gasteiger partial charge in [-0.2, -0.15) is 0 Å². The summed E-state index contributed by atoms with van der Waals surface area (Å²) in [7, 11) is 0. The van der Waals surface area contributed by atoms with Gasteiger partial charge in [0, 0.05) is 18.0 Å². The van der Waals surface area contributed by atoms with Gasteiger partial charge >= 0.3 is 0 Å². The Morgan fingerprint density at radius 3 is 2.42 bits per heavy atom. The van der Waals surface area contributed by atoms with Crippen LogP contribution in [-0.4, -0.2) is 29.5 Å². The van der Waals surface area contributed by atoms with Crippen molar-refractivity contribution in [2.45, 2.75) is 19.4 Å². The molecular formula is C29H22FN7O. The van der Waals surface area contributed by atoms with Gasteiger partial charge < -0.3 is 5.32 Å². The lowest BCUT2D eigenvalue weighted by atomic mass is 10.0. The van der Waals surface area contributed by atoms with Crippen LogP contribution in [-0.2, 0) is 0 Å². The Balaban J connectivity index is 1.60. The zero-order chi connectivity index (χ0) is 26.1. The summed E-state index contributed by atoms with van der Waals surface area (Å²) in [5, 5.41) is 4.09. The molecule has 6 rings (SSSR count). The van der Waals surface area contributed by atoms with Crippen LogP contribution in [0.3, 0.4) is 0 Å². The number of para-hydroxylation sites is 1. The topological polar surface area (TPSA) is 98.5 Å². The first kappa shape index (κ1) is 23.4. The van der Waals surface area contributed by atoms with Crippen LogP contribution in [0.25, 0.3) is 38.6 Å². The van der Waals surface area contributed by atoms with E-state index in [2.05, 4.69) is 25.3 Å². The Morgan fingerprint density at radius 1 is 0.868 bits per heavy atom. The first-order chi connectivity index (χ1) is 18.7. The monoisotopic (exact) mass is 503 g/mol. The van der Waals surface area contributed by atoms with E-state index in [1.54, 1.807) is 29.1 Å². The Bertz CT molecular complexity index is 1820. The fourth-order valence-corrected chi connectivity index (χ4v) is 4.68. The van der Waals surface area contributed by atoms with Gasteiger partial charge in [0.1, 0.15) is 30.1 Å². The maximum atomic E-state index is 14.8. The average Bonchev–Trinajstić information content (AvgIpc) is 2.96. The van der Waals surface area contributed by atoms with Crippen LogP contribution in [0.2, 0.25) is 0 Å². The maximum Gasteiger partial charge on any atom is 0.266 e. The van der Waals surface area contributed by atoms with Gasteiger partial charge in [0.2, 0.25) is 0 Å². The van der Waals surface area contributed by atoms with E-state index in [-0.39, 0.29) is 10.9 Å². The minimum absolute atomic E-state index is 0.227. The van der Waals surface area contributed by atoms with Crippen molar-refractivity contribution in [2.75, 3.05) is 5.32 Å². The van der Waals surface area contributed by atoms with Crippen LogP contribution in [0.5, 0.6) is 0 Å². The first-order valence-corrected chi connectivity index (χ1v) is 12.2. The number of rotatable bonds is 6. The van der Waals surface area contributed by atoms with Crippen molar-refractivity contribution >= 4 is 27.6 Å². The van der Waals surface area contributed by atoms with Gasteiger partial charge in [-0.3, -0.25) is 9.36 Å². The molecule has 3 aromatic heterocycles. The summed E-state index contributed by atoms with van der Waals surface area (Å²) in [5.41, 5.74) is 2.88. The van der Waals surface area contributed by atoms with Crippen molar-refractivity contribution in [2.24, 2.45) is 0 Å². The van der Waals surface area contributed by atoms with E-state index in [0.29, 0.717) is 45.7 Å². The molecule has 0 amide bonds. The molecule has 0 aliphatic rings. The van der Waals surface area contributed by atoms with Crippen LogP contribution >= 0.6 is 0 Å². The molecule has 38 heavy (non-hydrogen) atoms. The van der Waals surface area contributed by atoms with Crippen molar-refractivity contribution in [3.8, 4) is 16.8 Å². The van der Waals surface area contributed by atoms with E-state index in [0.717, 1.165) is 5.56 Å². The summed E-state index contributed by atoms with van der Waals surface area (Å²) in [6, 6.07) is 19.1. The van der Waals surface area contributed by atoms with Crippen LogP contribution in [0.4, 0.5) is 10.2 Å². The van der Waals surface area contributed by atoms with Crippen molar-refractivity contribution in [3.05, 3.63) is 114 Å². The molecule has 0 unspecified atom stereocenters. The standard InChI is InChI=1S/C29H22FN7O/c1-2-22(35-27-26-21(30)11-7-12-23(26)33-17-34-27)28-36-24-13-6-10-20(18-14-31-16-32-15-18)25(24)29(38)37(28)19-8-4-3-5-9-19/h3-17,22H,2H2,1H3,(H,33,34,35)/t22-/m0/s1. The average molecular weight is 504 g/mol. The molecule has 1 N–H and O–H groups in total. The quantitative estimate of drug-likeness (QED) is 0.321. The number of nitrogens with one attached hydrogen (secondary N) is 1. The summed E-state index contributed by atoms with van der Waals surface area (Å²) in [5.74, 6) is 0.395. The first-order valence-electron chi connectivity index (χ1n) is 12.2. The van der Waals surface area contributed by atoms with Crippen LogP contribution in [0, 0.1) is 5.82 Å². The molecule has 0 saturated heterocycles. The molecular weight excluding hydrogens is 481 g/mol. The molecule has 0 saturated carbocycles. The molecule has 8 nitrogen and oxygen atoms in total. The molecule has 3 aromatic carbocycles. The summed E-state index contributed by atoms with van der Waals surface area (Å²) >= 11 is 0. The molecule has 6 aromatic rings. The summed E-state index contributed by atoms with van der Waals surface area (Å²) in [6.45, 7) is 1.97. The van der Waals surface area contributed by atoms with Crippen molar-refractivity contribution in [1.29, 1.82) is 0 Å². The summed E-state index contributed by atoms with van der Waals surface area (Å²) in [4.78, 5) is 36.0. The van der Waals surface area contributed by atoms with Gasteiger partial charge in [-0.15, -0.1) is 0 Å². The Morgan fingerprint density at radius 2 is 1.63 bits per heavy atom. The third-order valence-electron chi connectivity index (χ3n) is 6.45. The molecule has 0 bridgehead atoms. The van der Waals surface area contributed by atoms with E-state index in [1.807, 2.05) is 55.5 Å². The zero-order valence-electron chi connectivity index (χ0n) is 20.4. The van der Waals surface area contributed by atoms with Crippen molar-refractivity contribution in [3.63, 3.8) is 0 Å². The maximum absolute atomic E-state index is 14.8. The van der Waals surface area contributed by atoms with Crippen LogP contribution in [0.1, 0.15) is 25.2 Å². The Hall–Kier alpha value is -5.05. The van der Waals surface area contributed by atoms with Gasteiger partial charge in [-0.1, -0.05) is 43.3 Å². The zero-order valence-corrected chi connectivity index (χ0v) is 20.4. The second kappa shape index (κ2) is 9.78. The van der Waals surface area contributed by atoms with Gasteiger partial charge in [-0.05, 0) is 42.3 Å². The summed E-state index contributed by atoms with van der Waals surface area (Å²) < 4.78 is 16.4. The lowest BCUT2D eigenvalue weighted by Gasteiger charge is -2.23. The number of hydrogen-bond donors (Lipinski definition) is 1. The van der Waals surface area contributed by atoms with Gasteiger partial charge in [0.15, 0.2) is 0 Å². The molecule has 0 radical (unpaired) electrons. The molecule has 0 aliphatic carbocycles. The lowest BCUT2D eigenvalue weighted by molar-refractivity contribution is 0.636. The highest BCUT2D eigenvalue weighted by molar-refractivity contribution is 5.94. The SMILES string of the molecule is CC[C@H](Nc1ncnc2cccc(F)c12)c1nc2cccc(-c3cncnc3)c2c(=O)n1-c1ccccc1. The number of fused-ring (bicyclic) bond motifs is 2. The van der Waals surface area contributed by atoms with E-state index in [1.165, 1.54) is 18.7 Å². The Kier molecular flexibility index (Phi) is 6.01. The van der Waals surface area contributed by atoms with Gasteiger partial charge in [-0.25, -0.2) is 29.3 Å². The van der Waals surface area contributed by atoms with Crippen molar-refractivity contribution < 1.29 is 4.39 Å². The predicted molar refractivity (Wildman–Crippen MR) is 145 cm³/mol. The molecule has 0 spiro atoms. The molecule has 1 atom stereocenters. The number of halogens is 1. The molecule has 0 fully saturated rings. The molecule has 0 aliphatic heterocycles. The smallest absolute Gasteiger partial charge is 0.266 e. The van der Waals surface area contributed by atoms with Gasteiger partial charge in [0.25, 0.3) is 5.56 Å². The minimum atomic E-state index is -0.464. The normalized spacial score (nSPS) is 12.1. The third-order valence-corrected chi connectivity index (χ3v) is 6.45. The molecule has 186 valence electrons. The van der Waals surface area contributed by atoms with E-state index in [9.17, 15) is 9.18 Å². The number of benzene rings is 3. The van der Waals surface area contributed by atoms with Crippen molar-refractivity contribution in [1.82, 2.24) is 29.5 Å². The van der Waals surface area contributed by atoms with Crippen LogP contribution in [0.15, 0.2) is 96.6 Å².